The van der Waals surface area contributed by atoms with Crippen LogP contribution in [0.15, 0.2) is 29.6 Å². The van der Waals surface area contributed by atoms with Gasteiger partial charge in [-0.3, -0.25) is 19.3 Å². The predicted octanol–water partition coefficient (Wildman–Crippen LogP) is 3.48. The van der Waals surface area contributed by atoms with Crippen molar-refractivity contribution in [1.29, 1.82) is 0 Å². The molecule has 1 aliphatic carbocycles. The van der Waals surface area contributed by atoms with E-state index in [2.05, 4.69) is 15.6 Å². The number of nitrogens with zero attached hydrogens (tertiary/aromatic N) is 3. The first-order valence-corrected chi connectivity index (χ1v) is 15.5. The Kier molecular flexibility index (Phi) is 9.22. The van der Waals surface area contributed by atoms with Crippen molar-refractivity contribution >= 4 is 52.0 Å². The molecule has 2 atom stereocenters. The van der Waals surface area contributed by atoms with Crippen molar-refractivity contribution in [2.75, 3.05) is 37.4 Å². The van der Waals surface area contributed by atoms with Gasteiger partial charge < -0.3 is 25.4 Å². The van der Waals surface area contributed by atoms with Crippen LogP contribution in [-0.4, -0.2) is 93.2 Å². The van der Waals surface area contributed by atoms with Crippen LogP contribution in [0.25, 0.3) is 11.3 Å². The number of thioether (sulfide) groups is 1. The summed E-state index contributed by atoms with van der Waals surface area (Å²) in [5.74, 6) is -0.0316. The minimum Gasteiger partial charge on any atom is -0.465 e. The fraction of sp³-hybridized carbons (Fsp3) is 0.519. The van der Waals surface area contributed by atoms with Crippen molar-refractivity contribution in [2.24, 2.45) is 0 Å². The number of anilines is 1. The van der Waals surface area contributed by atoms with Gasteiger partial charge in [0.25, 0.3) is 5.91 Å². The molecule has 2 aromatic rings. The van der Waals surface area contributed by atoms with E-state index in [0.717, 1.165) is 18.4 Å². The monoisotopic (exact) mass is 587 g/mol. The summed E-state index contributed by atoms with van der Waals surface area (Å²) in [6, 6.07) is 6.62. The van der Waals surface area contributed by atoms with Crippen LogP contribution in [0.5, 0.6) is 0 Å². The fourth-order valence-corrected chi connectivity index (χ4v) is 6.92. The molecule has 0 radical (unpaired) electrons. The highest BCUT2D eigenvalue weighted by molar-refractivity contribution is 8.00. The van der Waals surface area contributed by atoms with Crippen LogP contribution in [0.1, 0.15) is 48.9 Å². The van der Waals surface area contributed by atoms with E-state index >= 15 is 0 Å². The molecule has 2 unspecified atom stereocenters. The first-order valence-electron chi connectivity index (χ1n) is 13.5. The topological polar surface area (TPSA) is 141 Å². The average Bonchev–Trinajstić information content (AvgIpc) is 3.47. The van der Waals surface area contributed by atoms with Crippen LogP contribution in [0.4, 0.5) is 9.93 Å². The van der Waals surface area contributed by atoms with Gasteiger partial charge in [-0.25, -0.2) is 9.78 Å². The molecule has 2 aliphatic heterocycles. The third-order valence-electron chi connectivity index (χ3n) is 7.16. The Morgan fingerprint density at radius 1 is 1.07 bits per heavy atom. The number of unbranched alkanes of at least 4 members (excludes halogenated alkanes) is 1. The number of amides is 4. The number of nitrogens with one attached hydrogen (secondary N) is 2. The van der Waals surface area contributed by atoms with Crippen molar-refractivity contribution in [3.63, 3.8) is 0 Å². The van der Waals surface area contributed by atoms with E-state index in [9.17, 15) is 24.3 Å². The Balaban J connectivity index is 1.11. The molecule has 4 amide bonds. The van der Waals surface area contributed by atoms with Crippen molar-refractivity contribution in [1.82, 2.24) is 20.1 Å². The highest BCUT2D eigenvalue weighted by Gasteiger charge is 2.41. The normalized spacial score (nSPS) is 20.8. The standard InChI is InChI=1S/C27H33N5O6S2/c33-22(31-11-13-38-14-12-31)3-1-2-4-23-32(27(36)37)21(16-39-23)25(35)30-26-29-20(15-40-26)17-5-7-18(8-6-17)24(34)28-19-9-10-19/h5-8,15,19,21,23H,1-4,9-14,16H2,(H,28,34)(H,36,37)(H,29,30,35). The summed E-state index contributed by atoms with van der Waals surface area (Å²) in [6.45, 7) is 2.37. The molecule has 13 heteroatoms. The third-order valence-corrected chi connectivity index (χ3v) is 9.27. The number of morpholine rings is 1. The maximum Gasteiger partial charge on any atom is 0.408 e. The van der Waals surface area contributed by atoms with E-state index < -0.39 is 18.0 Å². The molecule has 11 nitrogen and oxygen atoms in total. The Labute approximate surface area is 240 Å². The highest BCUT2D eigenvalue weighted by atomic mass is 32.2. The lowest BCUT2D eigenvalue weighted by Crippen LogP contribution is -2.47. The number of benzene rings is 1. The second-order valence-electron chi connectivity index (χ2n) is 10.1. The van der Waals surface area contributed by atoms with Crippen LogP contribution in [0, 0.1) is 0 Å². The molecule has 3 aliphatic rings. The summed E-state index contributed by atoms with van der Waals surface area (Å²) in [5, 5.41) is 17.5. The van der Waals surface area contributed by atoms with Gasteiger partial charge in [0.05, 0.1) is 24.3 Å². The number of carbonyl (C=O) groups excluding carboxylic acids is 3. The van der Waals surface area contributed by atoms with Crippen LogP contribution in [0.2, 0.25) is 0 Å². The molecular formula is C27H33N5O6S2. The Bertz CT molecular complexity index is 1230. The van der Waals surface area contributed by atoms with Gasteiger partial charge in [-0.1, -0.05) is 18.6 Å². The van der Waals surface area contributed by atoms with Gasteiger partial charge in [-0.05, 0) is 37.8 Å². The fourth-order valence-electron chi connectivity index (χ4n) is 4.75. The van der Waals surface area contributed by atoms with Crippen molar-refractivity contribution < 1.29 is 29.0 Å². The van der Waals surface area contributed by atoms with Crippen molar-refractivity contribution in [3.8, 4) is 11.3 Å². The van der Waals surface area contributed by atoms with Crippen LogP contribution in [0.3, 0.4) is 0 Å². The number of carboxylic acid groups (broad SMARTS) is 1. The van der Waals surface area contributed by atoms with E-state index in [-0.39, 0.29) is 17.2 Å². The third kappa shape index (κ3) is 7.12. The zero-order valence-electron chi connectivity index (χ0n) is 22.0. The molecule has 0 bridgehead atoms. The summed E-state index contributed by atoms with van der Waals surface area (Å²) in [5.41, 5.74) is 2.07. The maximum absolute atomic E-state index is 13.1. The number of ether oxygens (including phenoxy) is 1. The smallest absolute Gasteiger partial charge is 0.408 e. The lowest BCUT2D eigenvalue weighted by molar-refractivity contribution is -0.135. The summed E-state index contributed by atoms with van der Waals surface area (Å²) >= 11 is 2.71. The number of hydrogen-bond donors (Lipinski definition) is 3. The van der Waals surface area contributed by atoms with Gasteiger partial charge in [0.2, 0.25) is 11.8 Å². The molecule has 5 rings (SSSR count). The van der Waals surface area contributed by atoms with Crippen LogP contribution >= 0.6 is 23.1 Å². The molecule has 2 saturated heterocycles. The van der Waals surface area contributed by atoms with Gasteiger partial charge in [0.1, 0.15) is 6.04 Å². The lowest BCUT2D eigenvalue weighted by atomic mass is 10.1. The van der Waals surface area contributed by atoms with E-state index in [1.54, 1.807) is 12.1 Å². The Morgan fingerprint density at radius 3 is 2.52 bits per heavy atom. The predicted molar refractivity (Wildman–Crippen MR) is 152 cm³/mol. The quantitative estimate of drug-likeness (QED) is 0.359. The zero-order valence-corrected chi connectivity index (χ0v) is 23.7. The minimum absolute atomic E-state index is 0.0857. The van der Waals surface area contributed by atoms with Crippen LogP contribution in [-0.2, 0) is 14.3 Å². The molecule has 1 aromatic heterocycles. The van der Waals surface area contributed by atoms with E-state index in [1.165, 1.54) is 28.0 Å². The summed E-state index contributed by atoms with van der Waals surface area (Å²) in [4.78, 5) is 57.2. The first kappa shape index (κ1) is 28.4. The molecule has 3 fully saturated rings. The van der Waals surface area contributed by atoms with Crippen LogP contribution < -0.4 is 10.6 Å². The second-order valence-corrected chi connectivity index (χ2v) is 12.2. The number of rotatable bonds is 10. The van der Waals surface area contributed by atoms with Gasteiger partial charge in [0, 0.05) is 47.8 Å². The molecule has 1 aromatic carbocycles. The van der Waals surface area contributed by atoms with E-state index in [0.29, 0.717) is 80.2 Å². The Hall–Kier alpha value is -3.16. The lowest BCUT2D eigenvalue weighted by Gasteiger charge is -2.27. The second kappa shape index (κ2) is 13.0. The van der Waals surface area contributed by atoms with E-state index in [1.807, 2.05) is 22.4 Å². The first-order chi connectivity index (χ1) is 19.4. The minimum atomic E-state index is -1.13. The molecule has 3 N–H and O–H groups in total. The number of thiazole rings is 1. The summed E-state index contributed by atoms with van der Waals surface area (Å²) in [7, 11) is 0. The molecule has 0 spiro atoms. The van der Waals surface area contributed by atoms with Crippen molar-refractivity contribution in [3.05, 3.63) is 35.2 Å². The van der Waals surface area contributed by atoms with Gasteiger partial charge in [-0.2, -0.15) is 0 Å². The zero-order chi connectivity index (χ0) is 28.1. The molecule has 40 heavy (non-hydrogen) atoms. The molecule has 3 heterocycles. The average molecular weight is 588 g/mol. The molecular weight excluding hydrogens is 554 g/mol. The summed E-state index contributed by atoms with van der Waals surface area (Å²) < 4.78 is 5.28. The van der Waals surface area contributed by atoms with Crippen molar-refractivity contribution in [2.45, 2.75) is 56.0 Å². The number of carbonyl (C=O) groups is 4. The maximum atomic E-state index is 13.1. The molecule has 214 valence electrons. The van der Waals surface area contributed by atoms with Gasteiger partial charge >= 0.3 is 6.09 Å². The van der Waals surface area contributed by atoms with Gasteiger partial charge in [-0.15, -0.1) is 23.1 Å². The number of aromatic nitrogens is 1. The largest absolute Gasteiger partial charge is 0.465 e. The number of hydrogen-bond acceptors (Lipinski definition) is 8. The Morgan fingerprint density at radius 2 is 1.82 bits per heavy atom. The molecule has 1 saturated carbocycles. The van der Waals surface area contributed by atoms with Gasteiger partial charge in [0.15, 0.2) is 5.13 Å². The van der Waals surface area contributed by atoms with E-state index in [4.69, 9.17) is 4.74 Å². The SMILES string of the molecule is O=C(NC1CC1)c1ccc(-c2csc(NC(=O)C3CSC(CCCCC(=O)N4CCOCC4)N3C(=O)O)n2)cc1. The highest BCUT2D eigenvalue weighted by Crippen LogP contribution is 2.34. The summed E-state index contributed by atoms with van der Waals surface area (Å²) in [6.07, 6.45) is 3.29.